The Kier molecular flexibility index (Phi) is 5.20. The fourth-order valence-corrected chi connectivity index (χ4v) is 3.82. The van der Waals surface area contributed by atoms with Crippen LogP contribution in [0.2, 0.25) is 0 Å². The highest BCUT2D eigenvalue weighted by molar-refractivity contribution is 6.06. The van der Waals surface area contributed by atoms with E-state index in [9.17, 15) is 9.59 Å². The lowest BCUT2D eigenvalue weighted by molar-refractivity contribution is -0.140. The number of hydrogen-bond donors (Lipinski definition) is 0. The summed E-state index contributed by atoms with van der Waals surface area (Å²) in [5.74, 6) is 0.301. The normalized spacial score (nSPS) is 22.3. The predicted octanol–water partition coefficient (Wildman–Crippen LogP) is 3.56. The van der Waals surface area contributed by atoms with Gasteiger partial charge in [-0.1, -0.05) is 35.5 Å². The number of oxime groups is 1. The molecule has 2 atom stereocenters. The molecule has 2 heterocycles. The van der Waals surface area contributed by atoms with E-state index in [0.29, 0.717) is 12.1 Å². The highest BCUT2D eigenvalue weighted by Gasteiger charge is 2.52. The zero-order chi connectivity index (χ0) is 21.3. The number of carbonyl (C=O) groups is 2. The molecule has 30 heavy (non-hydrogen) atoms. The zero-order valence-electron chi connectivity index (χ0n) is 17.2. The summed E-state index contributed by atoms with van der Waals surface area (Å²) in [4.78, 5) is 32.4. The van der Waals surface area contributed by atoms with Gasteiger partial charge in [-0.2, -0.15) is 0 Å². The topological polar surface area (TPSA) is 77.4 Å². The first-order valence-electron chi connectivity index (χ1n) is 9.86. The molecule has 0 aliphatic carbocycles. The Balaban J connectivity index is 1.50. The summed E-state index contributed by atoms with van der Waals surface area (Å²) in [7, 11) is 1.60. The van der Waals surface area contributed by atoms with Gasteiger partial charge >= 0.3 is 6.09 Å². The zero-order valence-corrected chi connectivity index (χ0v) is 17.2. The average molecular weight is 408 g/mol. The van der Waals surface area contributed by atoms with Crippen LogP contribution in [0.25, 0.3) is 0 Å². The van der Waals surface area contributed by atoms with Crippen LogP contribution in [0.1, 0.15) is 31.4 Å². The summed E-state index contributed by atoms with van der Waals surface area (Å²) in [5.41, 5.74) is 1.72. The van der Waals surface area contributed by atoms with Gasteiger partial charge in [0.25, 0.3) is 5.91 Å². The lowest BCUT2D eigenvalue weighted by Crippen LogP contribution is -2.49. The number of carbonyl (C=O) groups excluding carboxylic acids is 2. The van der Waals surface area contributed by atoms with Crippen LogP contribution in [0.5, 0.6) is 5.75 Å². The largest absolute Gasteiger partial charge is 0.497 e. The Bertz CT molecular complexity index is 969. The number of amides is 2. The van der Waals surface area contributed by atoms with Crippen LogP contribution in [0.3, 0.4) is 0 Å². The molecule has 0 bridgehead atoms. The van der Waals surface area contributed by atoms with Crippen molar-refractivity contribution in [2.75, 3.05) is 7.11 Å². The van der Waals surface area contributed by atoms with Gasteiger partial charge in [0.05, 0.1) is 18.9 Å². The van der Waals surface area contributed by atoms with Crippen LogP contribution < -0.4 is 4.74 Å². The van der Waals surface area contributed by atoms with Gasteiger partial charge in [0.1, 0.15) is 11.4 Å². The molecule has 1 saturated heterocycles. The van der Waals surface area contributed by atoms with E-state index >= 15 is 0 Å². The Morgan fingerprint density at radius 3 is 2.53 bits per heavy atom. The van der Waals surface area contributed by atoms with Crippen LogP contribution in [-0.2, 0) is 20.8 Å². The van der Waals surface area contributed by atoms with Crippen LogP contribution >= 0.6 is 0 Å². The van der Waals surface area contributed by atoms with Crippen molar-refractivity contribution in [3.8, 4) is 5.75 Å². The van der Waals surface area contributed by atoms with Gasteiger partial charge in [-0.3, -0.25) is 4.79 Å². The molecule has 2 aromatic carbocycles. The van der Waals surface area contributed by atoms with Gasteiger partial charge in [-0.25, -0.2) is 9.69 Å². The molecule has 2 aliphatic rings. The smallest absolute Gasteiger partial charge is 0.417 e. The minimum atomic E-state index is -0.859. The van der Waals surface area contributed by atoms with Gasteiger partial charge in [0, 0.05) is 6.42 Å². The minimum Gasteiger partial charge on any atom is -0.497 e. The number of ether oxygens (including phenoxy) is 2. The van der Waals surface area contributed by atoms with E-state index in [4.69, 9.17) is 14.3 Å². The molecule has 156 valence electrons. The molecule has 2 aliphatic heterocycles. The minimum absolute atomic E-state index is 0.285. The number of methoxy groups -OCH3 is 1. The third-order valence-corrected chi connectivity index (χ3v) is 5.54. The summed E-state index contributed by atoms with van der Waals surface area (Å²) in [6, 6.07) is 16.7. The van der Waals surface area contributed by atoms with Gasteiger partial charge in [-0.15, -0.1) is 0 Å². The predicted molar refractivity (Wildman–Crippen MR) is 110 cm³/mol. The maximum atomic E-state index is 13.2. The summed E-state index contributed by atoms with van der Waals surface area (Å²) in [6.07, 6.45) is -0.716. The second kappa shape index (κ2) is 7.82. The maximum Gasteiger partial charge on any atom is 0.417 e. The van der Waals surface area contributed by atoms with Gasteiger partial charge in [0.15, 0.2) is 0 Å². The summed E-state index contributed by atoms with van der Waals surface area (Å²) in [5, 5.41) is 4.08. The third-order valence-electron chi connectivity index (χ3n) is 5.54. The fraction of sp³-hybridized carbons (Fsp3) is 0.348. The Morgan fingerprint density at radius 1 is 1.17 bits per heavy atom. The summed E-state index contributed by atoms with van der Waals surface area (Å²) < 4.78 is 10.7. The molecule has 2 aromatic rings. The number of benzene rings is 2. The Morgan fingerprint density at radius 2 is 1.87 bits per heavy atom. The van der Waals surface area contributed by atoms with Crippen molar-refractivity contribution in [1.82, 2.24) is 4.90 Å². The second-order valence-electron chi connectivity index (χ2n) is 7.95. The van der Waals surface area contributed by atoms with Crippen LogP contribution in [0.15, 0.2) is 59.8 Å². The molecule has 0 spiro atoms. The monoisotopic (exact) mass is 408 g/mol. The fourth-order valence-electron chi connectivity index (χ4n) is 3.82. The van der Waals surface area contributed by atoms with Gasteiger partial charge < -0.3 is 14.3 Å². The van der Waals surface area contributed by atoms with E-state index in [1.54, 1.807) is 7.11 Å². The van der Waals surface area contributed by atoms with Crippen molar-refractivity contribution < 1.29 is 23.9 Å². The maximum absolute atomic E-state index is 13.2. The number of cyclic esters (lactones) is 1. The average Bonchev–Trinajstić information content (AvgIpc) is 3.31. The SMILES string of the molecule is COc1ccc(C2=NO[C@@H](C(=O)N3C(=O)OC(C)(C)[C@@H]3Cc3ccccc3)C2)cc1. The number of imide groups is 1. The summed E-state index contributed by atoms with van der Waals surface area (Å²) >= 11 is 0. The van der Waals surface area contributed by atoms with Gasteiger partial charge in [-0.05, 0) is 55.7 Å². The Labute approximate surface area is 175 Å². The molecule has 0 saturated carbocycles. The van der Waals surface area contributed by atoms with Crippen LogP contribution in [0.4, 0.5) is 4.79 Å². The highest BCUT2D eigenvalue weighted by atomic mass is 16.6. The molecular formula is C23H24N2O5. The van der Waals surface area contributed by atoms with Crippen molar-refractivity contribution in [1.29, 1.82) is 0 Å². The van der Waals surface area contributed by atoms with E-state index in [0.717, 1.165) is 16.9 Å². The van der Waals surface area contributed by atoms with Crippen molar-refractivity contribution in [2.45, 2.75) is 44.4 Å². The lowest BCUT2D eigenvalue weighted by atomic mass is 9.91. The van der Waals surface area contributed by atoms with Crippen LogP contribution in [-0.4, -0.2) is 47.5 Å². The van der Waals surface area contributed by atoms with Crippen molar-refractivity contribution >= 4 is 17.7 Å². The molecule has 0 aromatic heterocycles. The molecule has 4 rings (SSSR count). The van der Waals surface area contributed by atoms with E-state index in [-0.39, 0.29) is 6.42 Å². The van der Waals surface area contributed by atoms with Gasteiger partial charge in [0.2, 0.25) is 6.10 Å². The molecule has 0 N–H and O–H groups in total. The summed E-state index contributed by atoms with van der Waals surface area (Å²) in [6.45, 7) is 3.64. The number of rotatable bonds is 5. The Hall–Kier alpha value is -3.35. The lowest BCUT2D eigenvalue weighted by Gasteiger charge is -2.28. The van der Waals surface area contributed by atoms with Crippen molar-refractivity contribution in [2.24, 2.45) is 5.16 Å². The van der Waals surface area contributed by atoms with Crippen molar-refractivity contribution in [3.63, 3.8) is 0 Å². The highest BCUT2D eigenvalue weighted by Crippen LogP contribution is 2.33. The van der Waals surface area contributed by atoms with E-state index in [1.807, 2.05) is 68.4 Å². The number of nitrogens with zero attached hydrogens (tertiary/aromatic N) is 2. The molecule has 0 radical (unpaired) electrons. The second-order valence-corrected chi connectivity index (χ2v) is 7.95. The molecular weight excluding hydrogens is 384 g/mol. The molecule has 2 amide bonds. The standard InChI is InChI=1S/C23H24N2O5/c1-23(2)20(13-15-7-5-4-6-8-15)25(22(27)29-23)21(26)19-14-18(24-30-19)16-9-11-17(28-3)12-10-16/h4-12,19-20H,13-14H2,1-3H3/t19-,20+/m1/s1. The van der Waals surface area contributed by atoms with Crippen molar-refractivity contribution in [3.05, 3.63) is 65.7 Å². The molecule has 0 unspecified atom stereocenters. The van der Waals surface area contributed by atoms with E-state index in [1.165, 1.54) is 4.90 Å². The molecule has 7 heteroatoms. The first-order valence-corrected chi connectivity index (χ1v) is 9.86. The third kappa shape index (κ3) is 3.75. The molecule has 7 nitrogen and oxygen atoms in total. The quantitative estimate of drug-likeness (QED) is 0.756. The van der Waals surface area contributed by atoms with E-state index < -0.39 is 29.7 Å². The number of hydrogen-bond acceptors (Lipinski definition) is 6. The first-order chi connectivity index (χ1) is 14.4. The first kappa shape index (κ1) is 19.9. The van der Waals surface area contributed by atoms with Crippen LogP contribution in [0, 0.1) is 0 Å². The molecule has 1 fully saturated rings. The van der Waals surface area contributed by atoms with E-state index in [2.05, 4.69) is 5.16 Å².